The maximum absolute atomic E-state index is 5.40. The summed E-state index contributed by atoms with van der Waals surface area (Å²) in [6.45, 7) is 4.13. The molecule has 2 rings (SSSR count). The number of hydrogen-bond acceptors (Lipinski definition) is 3. The maximum atomic E-state index is 5.40. The van der Waals surface area contributed by atoms with Crippen LogP contribution in [0.1, 0.15) is 18.1 Å². The van der Waals surface area contributed by atoms with E-state index in [4.69, 9.17) is 5.84 Å². The standard InChI is InChI=1S/C12H15N3/c1-3-9-4-5-10-6-8(2)12(15-13)14-11(10)7-9/h4-7H,3,13H2,1-2H3,(H,14,15). The second-order valence-corrected chi connectivity index (χ2v) is 3.68. The molecule has 0 amide bonds. The van der Waals surface area contributed by atoms with E-state index < -0.39 is 0 Å². The Morgan fingerprint density at radius 3 is 2.80 bits per heavy atom. The fourth-order valence-electron chi connectivity index (χ4n) is 1.68. The molecule has 2 aromatic rings. The number of aryl methyl sites for hydroxylation is 2. The fourth-order valence-corrected chi connectivity index (χ4v) is 1.68. The van der Waals surface area contributed by atoms with E-state index in [1.54, 1.807) is 0 Å². The highest BCUT2D eigenvalue weighted by atomic mass is 15.2. The Morgan fingerprint density at radius 2 is 2.13 bits per heavy atom. The van der Waals surface area contributed by atoms with Gasteiger partial charge in [-0.2, -0.15) is 0 Å². The van der Waals surface area contributed by atoms with Crippen LogP contribution < -0.4 is 11.3 Å². The zero-order valence-electron chi connectivity index (χ0n) is 9.04. The first kappa shape index (κ1) is 9.93. The Kier molecular flexibility index (Phi) is 2.56. The third-order valence-electron chi connectivity index (χ3n) is 2.62. The Balaban J connectivity index is 2.66. The van der Waals surface area contributed by atoms with Gasteiger partial charge in [0.1, 0.15) is 5.82 Å². The van der Waals surface area contributed by atoms with Crippen LogP contribution in [0.5, 0.6) is 0 Å². The zero-order valence-corrected chi connectivity index (χ0v) is 9.04. The zero-order chi connectivity index (χ0) is 10.8. The second-order valence-electron chi connectivity index (χ2n) is 3.68. The molecule has 1 aromatic heterocycles. The summed E-state index contributed by atoms with van der Waals surface area (Å²) in [6.07, 6.45) is 1.02. The van der Waals surface area contributed by atoms with Gasteiger partial charge in [-0.25, -0.2) is 10.8 Å². The van der Waals surface area contributed by atoms with Crippen molar-refractivity contribution in [2.24, 2.45) is 5.84 Å². The molecule has 15 heavy (non-hydrogen) atoms. The third kappa shape index (κ3) is 1.78. The van der Waals surface area contributed by atoms with Gasteiger partial charge >= 0.3 is 0 Å². The van der Waals surface area contributed by atoms with Gasteiger partial charge in [0.15, 0.2) is 0 Å². The Hall–Kier alpha value is -1.61. The summed E-state index contributed by atoms with van der Waals surface area (Å²) in [5.74, 6) is 6.15. The number of fused-ring (bicyclic) bond motifs is 1. The van der Waals surface area contributed by atoms with Crippen molar-refractivity contribution in [3.05, 3.63) is 35.4 Å². The molecule has 0 saturated carbocycles. The Morgan fingerprint density at radius 1 is 1.33 bits per heavy atom. The molecule has 0 radical (unpaired) electrons. The fraction of sp³-hybridized carbons (Fsp3) is 0.250. The van der Waals surface area contributed by atoms with Gasteiger partial charge in [-0.3, -0.25) is 0 Å². The molecule has 0 spiro atoms. The van der Waals surface area contributed by atoms with Crippen LogP contribution in [0.15, 0.2) is 24.3 Å². The highest BCUT2D eigenvalue weighted by Gasteiger charge is 2.02. The van der Waals surface area contributed by atoms with Gasteiger partial charge in [-0.05, 0) is 36.6 Å². The van der Waals surface area contributed by atoms with Crippen LogP contribution in [0, 0.1) is 6.92 Å². The summed E-state index contributed by atoms with van der Waals surface area (Å²) in [5.41, 5.74) is 5.96. The molecule has 0 aliphatic carbocycles. The van der Waals surface area contributed by atoms with Crippen molar-refractivity contribution in [2.75, 3.05) is 5.43 Å². The maximum Gasteiger partial charge on any atom is 0.143 e. The Labute approximate surface area is 89.3 Å². The number of nitrogens with two attached hydrogens (primary N) is 1. The average Bonchev–Trinajstić information content (AvgIpc) is 2.27. The van der Waals surface area contributed by atoms with Crippen molar-refractivity contribution in [3.8, 4) is 0 Å². The number of anilines is 1. The van der Waals surface area contributed by atoms with Crippen LogP contribution in [0.25, 0.3) is 10.9 Å². The van der Waals surface area contributed by atoms with Gasteiger partial charge in [0, 0.05) is 5.39 Å². The quantitative estimate of drug-likeness (QED) is 0.579. The predicted molar refractivity (Wildman–Crippen MR) is 63.7 cm³/mol. The first-order chi connectivity index (χ1) is 7.24. The largest absolute Gasteiger partial charge is 0.308 e. The number of rotatable bonds is 2. The highest BCUT2D eigenvalue weighted by molar-refractivity contribution is 5.82. The molecular weight excluding hydrogens is 186 g/mol. The summed E-state index contributed by atoms with van der Waals surface area (Å²) in [4.78, 5) is 4.47. The summed E-state index contributed by atoms with van der Waals surface area (Å²) < 4.78 is 0. The number of pyridine rings is 1. The van der Waals surface area contributed by atoms with Gasteiger partial charge in [-0.15, -0.1) is 0 Å². The molecule has 0 aliphatic rings. The minimum Gasteiger partial charge on any atom is -0.308 e. The lowest BCUT2D eigenvalue weighted by atomic mass is 10.1. The highest BCUT2D eigenvalue weighted by Crippen LogP contribution is 2.20. The first-order valence-corrected chi connectivity index (χ1v) is 5.11. The lowest BCUT2D eigenvalue weighted by Gasteiger charge is -2.07. The number of nitrogen functional groups attached to an aromatic ring is 1. The van der Waals surface area contributed by atoms with E-state index in [2.05, 4.69) is 41.6 Å². The lowest BCUT2D eigenvalue weighted by molar-refractivity contribution is 1.14. The molecule has 3 heteroatoms. The van der Waals surface area contributed by atoms with E-state index in [-0.39, 0.29) is 0 Å². The minimum absolute atomic E-state index is 0.746. The molecule has 78 valence electrons. The van der Waals surface area contributed by atoms with E-state index in [9.17, 15) is 0 Å². The van der Waals surface area contributed by atoms with Crippen molar-refractivity contribution in [1.82, 2.24) is 4.98 Å². The molecule has 0 atom stereocenters. The van der Waals surface area contributed by atoms with Crippen LogP contribution in [-0.2, 0) is 6.42 Å². The molecule has 1 aromatic carbocycles. The van der Waals surface area contributed by atoms with Crippen LogP contribution in [0.3, 0.4) is 0 Å². The minimum atomic E-state index is 0.746. The summed E-state index contributed by atoms with van der Waals surface area (Å²) in [7, 11) is 0. The molecule has 0 unspecified atom stereocenters. The van der Waals surface area contributed by atoms with Gasteiger partial charge in [0.05, 0.1) is 5.52 Å². The first-order valence-electron chi connectivity index (χ1n) is 5.11. The number of aromatic nitrogens is 1. The number of nitrogens with one attached hydrogen (secondary N) is 1. The van der Waals surface area contributed by atoms with Crippen molar-refractivity contribution < 1.29 is 0 Å². The van der Waals surface area contributed by atoms with E-state index in [1.807, 2.05) is 6.92 Å². The van der Waals surface area contributed by atoms with E-state index in [0.29, 0.717) is 0 Å². The van der Waals surface area contributed by atoms with Crippen LogP contribution in [0.2, 0.25) is 0 Å². The van der Waals surface area contributed by atoms with Gasteiger partial charge in [-0.1, -0.05) is 19.1 Å². The number of hydrazine groups is 1. The average molecular weight is 201 g/mol. The predicted octanol–water partition coefficient (Wildman–Crippen LogP) is 2.39. The molecule has 0 saturated heterocycles. The van der Waals surface area contributed by atoms with Gasteiger partial charge in [0.2, 0.25) is 0 Å². The molecule has 3 nitrogen and oxygen atoms in total. The van der Waals surface area contributed by atoms with Crippen molar-refractivity contribution >= 4 is 16.7 Å². The van der Waals surface area contributed by atoms with Crippen molar-refractivity contribution in [3.63, 3.8) is 0 Å². The second kappa shape index (κ2) is 3.87. The summed E-state index contributed by atoms with van der Waals surface area (Å²) in [6, 6.07) is 8.44. The van der Waals surface area contributed by atoms with Gasteiger partial charge < -0.3 is 5.43 Å². The Bertz CT molecular complexity index is 491. The smallest absolute Gasteiger partial charge is 0.143 e. The van der Waals surface area contributed by atoms with Gasteiger partial charge in [0.25, 0.3) is 0 Å². The number of hydrogen-bond donors (Lipinski definition) is 2. The van der Waals surface area contributed by atoms with Crippen LogP contribution in [0.4, 0.5) is 5.82 Å². The normalized spacial score (nSPS) is 10.6. The van der Waals surface area contributed by atoms with E-state index >= 15 is 0 Å². The van der Waals surface area contributed by atoms with E-state index in [0.717, 1.165) is 28.7 Å². The van der Waals surface area contributed by atoms with Crippen LogP contribution >= 0.6 is 0 Å². The third-order valence-corrected chi connectivity index (χ3v) is 2.62. The molecule has 0 aliphatic heterocycles. The summed E-state index contributed by atoms with van der Waals surface area (Å²) >= 11 is 0. The number of benzene rings is 1. The monoisotopic (exact) mass is 201 g/mol. The summed E-state index contributed by atoms with van der Waals surface area (Å²) in [5, 5.41) is 1.16. The molecule has 1 heterocycles. The SMILES string of the molecule is CCc1ccc2cc(C)c(NN)nc2c1. The molecule has 0 fully saturated rings. The molecule has 3 N–H and O–H groups in total. The van der Waals surface area contributed by atoms with Crippen LogP contribution in [-0.4, -0.2) is 4.98 Å². The lowest BCUT2D eigenvalue weighted by Crippen LogP contribution is -2.10. The topological polar surface area (TPSA) is 50.9 Å². The molecular formula is C12H15N3. The van der Waals surface area contributed by atoms with Crippen molar-refractivity contribution in [2.45, 2.75) is 20.3 Å². The number of nitrogens with zero attached hydrogens (tertiary/aromatic N) is 1. The molecule has 0 bridgehead atoms. The van der Waals surface area contributed by atoms with E-state index in [1.165, 1.54) is 5.56 Å². The van der Waals surface area contributed by atoms with Crippen molar-refractivity contribution in [1.29, 1.82) is 0 Å².